The van der Waals surface area contributed by atoms with Gasteiger partial charge in [-0.05, 0) is 19.8 Å². The summed E-state index contributed by atoms with van der Waals surface area (Å²) < 4.78 is 5.19. The Balaban J connectivity index is 1.97. The van der Waals surface area contributed by atoms with E-state index in [4.69, 9.17) is 4.74 Å². The van der Waals surface area contributed by atoms with Crippen molar-refractivity contribution in [2.45, 2.75) is 56.6 Å². The summed E-state index contributed by atoms with van der Waals surface area (Å²) in [7, 11) is 1.70. The number of hydrogen-bond donors (Lipinski definition) is 1. The van der Waals surface area contributed by atoms with Gasteiger partial charge in [-0.2, -0.15) is 11.8 Å². The molecule has 0 aromatic carbocycles. The van der Waals surface area contributed by atoms with E-state index in [9.17, 15) is 0 Å². The number of thioether (sulfide) groups is 1. The molecule has 1 N–H and O–H groups in total. The van der Waals surface area contributed by atoms with E-state index in [0.717, 1.165) is 34.9 Å². The van der Waals surface area contributed by atoms with Crippen molar-refractivity contribution in [3.63, 3.8) is 0 Å². The van der Waals surface area contributed by atoms with Crippen molar-refractivity contribution in [2.24, 2.45) is 0 Å². The molecule has 5 heteroatoms. The Labute approximate surface area is 126 Å². The molecule has 1 fully saturated rings. The first-order valence-electron chi connectivity index (χ1n) is 7.53. The van der Waals surface area contributed by atoms with Crippen LogP contribution in [-0.4, -0.2) is 28.9 Å². The Bertz CT molecular complexity index is 384. The number of rotatable bonds is 7. The molecule has 0 unspecified atom stereocenters. The molecular formula is C15H25N3OS. The van der Waals surface area contributed by atoms with Crippen molar-refractivity contribution in [1.29, 1.82) is 0 Å². The Morgan fingerprint density at radius 2 is 2.10 bits per heavy atom. The van der Waals surface area contributed by atoms with Crippen LogP contribution in [0.2, 0.25) is 0 Å². The molecule has 0 radical (unpaired) electrons. The van der Waals surface area contributed by atoms with Crippen molar-refractivity contribution in [1.82, 2.24) is 9.97 Å². The van der Waals surface area contributed by atoms with Crippen LogP contribution in [-0.2, 0) is 17.1 Å². The maximum absolute atomic E-state index is 5.19. The monoisotopic (exact) mass is 295 g/mol. The summed E-state index contributed by atoms with van der Waals surface area (Å²) in [5, 5.41) is 4.06. The van der Waals surface area contributed by atoms with Gasteiger partial charge in [-0.1, -0.05) is 19.3 Å². The molecular weight excluding hydrogens is 270 g/mol. The Morgan fingerprint density at radius 3 is 2.80 bits per heavy atom. The van der Waals surface area contributed by atoms with E-state index in [1.54, 1.807) is 7.11 Å². The van der Waals surface area contributed by atoms with Gasteiger partial charge in [0, 0.05) is 25.0 Å². The highest BCUT2D eigenvalue weighted by Crippen LogP contribution is 2.30. The van der Waals surface area contributed by atoms with E-state index >= 15 is 0 Å². The van der Waals surface area contributed by atoms with Crippen molar-refractivity contribution in [3.05, 3.63) is 17.6 Å². The van der Waals surface area contributed by atoms with Gasteiger partial charge in [0.25, 0.3) is 0 Å². The zero-order chi connectivity index (χ0) is 14.2. The first kappa shape index (κ1) is 15.6. The topological polar surface area (TPSA) is 47.0 Å². The van der Waals surface area contributed by atoms with Crippen molar-refractivity contribution in [2.75, 3.05) is 19.0 Å². The molecule has 1 aromatic heterocycles. The summed E-state index contributed by atoms with van der Waals surface area (Å²) in [6.45, 7) is 3.50. The average molecular weight is 295 g/mol. The first-order chi connectivity index (χ1) is 9.81. The molecule has 1 aliphatic rings. The largest absolute Gasteiger partial charge is 0.378 e. The smallest absolute Gasteiger partial charge is 0.140 e. The maximum Gasteiger partial charge on any atom is 0.140 e. The lowest BCUT2D eigenvalue weighted by Gasteiger charge is -2.20. The predicted molar refractivity (Wildman–Crippen MR) is 85.1 cm³/mol. The van der Waals surface area contributed by atoms with Crippen LogP contribution in [0, 0.1) is 0 Å². The maximum atomic E-state index is 5.19. The summed E-state index contributed by atoms with van der Waals surface area (Å²) >= 11 is 2.01. The lowest BCUT2D eigenvalue weighted by Crippen LogP contribution is -2.10. The van der Waals surface area contributed by atoms with E-state index in [1.807, 2.05) is 17.8 Å². The molecule has 2 rings (SSSR count). The molecule has 1 aromatic rings. The number of nitrogens with zero attached hydrogens (tertiary/aromatic N) is 2. The number of nitrogens with one attached hydrogen (secondary N) is 1. The van der Waals surface area contributed by atoms with Crippen LogP contribution in [0.5, 0.6) is 0 Å². The molecule has 20 heavy (non-hydrogen) atoms. The fourth-order valence-corrected chi connectivity index (χ4v) is 3.71. The quantitative estimate of drug-likeness (QED) is 0.832. The minimum absolute atomic E-state index is 0.544. The normalized spacial score (nSPS) is 16.3. The van der Waals surface area contributed by atoms with E-state index in [2.05, 4.69) is 22.2 Å². The highest BCUT2D eigenvalue weighted by Gasteiger charge is 2.14. The Morgan fingerprint density at radius 1 is 1.30 bits per heavy atom. The molecule has 0 spiro atoms. The molecule has 0 bridgehead atoms. The number of hydrogen-bond acceptors (Lipinski definition) is 5. The molecule has 0 amide bonds. The highest BCUT2D eigenvalue weighted by atomic mass is 32.2. The third-order valence-electron chi connectivity index (χ3n) is 3.48. The SMILES string of the molecule is CCNc1cc(COC)nc(CSC2CCCCC2)n1. The summed E-state index contributed by atoms with van der Waals surface area (Å²) in [6, 6.07) is 1.97. The van der Waals surface area contributed by atoms with Crippen molar-refractivity contribution in [3.8, 4) is 0 Å². The van der Waals surface area contributed by atoms with Crippen molar-refractivity contribution < 1.29 is 4.74 Å². The second-order valence-corrected chi connectivity index (χ2v) is 6.48. The van der Waals surface area contributed by atoms with E-state index in [1.165, 1.54) is 32.1 Å². The van der Waals surface area contributed by atoms with Crippen LogP contribution in [0.1, 0.15) is 50.5 Å². The molecule has 1 saturated carbocycles. The minimum atomic E-state index is 0.544. The molecule has 0 atom stereocenters. The fraction of sp³-hybridized carbons (Fsp3) is 0.733. The van der Waals surface area contributed by atoms with E-state index in [0.29, 0.717) is 6.61 Å². The highest BCUT2D eigenvalue weighted by molar-refractivity contribution is 7.99. The number of aromatic nitrogens is 2. The zero-order valence-electron chi connectivity index (χ0n) is 12.5. The molecule has 112 valence electrons. The van der Waals surface area contributed by atoms with E-state index < -0.39 is 0 Å². The molecule has 0 aliphatic heterocycles. The minimum Gasteiger partial charge on any atom is -0.378 e. The van der Waals surface area contributed by atoms with Crippen LogP contribution in [0.25, 0.3) is 0 Å². The van der Waals surface area contributed by atoms with Crippen LogP contribution < -0.4 is 5.32 Å². The number of anilines is 1. The molecule has 1 aliphatic carbocycles. The number of methoxy groups -OCH3 is 1. The van der Waals surface area contributed by atoms with Crippen LogP contribution >= 0.6 is 11.8 Å². The van der Waals surface area contributed by atoms with Crippen LogP contribution in [0.4, 0.5) is 5.82 Å². The van der Waals surface area contributed by atoms with E-state index in [-0.39, 0.29) is 0 Å². The van der Waals surface area contributed by atoms with Crippen molar-refractivity contribution >= 4 is 17.6 Å². The molecule has 0 saturated heterocycles. The molecule has 4 nitrogen and oxygen atoms in total. The third-order valence-corrected chi connectivity index (χ3v) is 4.84. The zero-order valence-corrected chi connectivity index (χ0v) is 13.3. The van der Waals surface area contributed by atoms with Gasteiger partial charge in [0.1, 0.15) is 11.6 Å². The van der Waals surface area contributed by atoms with Gasteiger partial charge in [-0.15, -0.1) is 0 Å². The van der Waals surface area contributed by atoms with Gasteiger partial charge in [-0.3, -0.25) is 0 Å². The first-order valence-corrected chi connectivity index (χ1v) is 8.58. The van der Waals surface area contributed by atoms with Gasteiger partial charge in [-0.25, -0.2) is 9.97 Å². The van der Waals surface area contributed by atoms with Crippen LogP contribution in [0.15, 0.2) is 6.07 Å². The second-order valence-electron chi connectivity index (χ2n) is 5.20. The number of ether oxygens (including phenoxy) is 1. The van der Waals surface area contributed by atoms with Crippen LogP contribution in [0.3, 0.4) is 0 Å². The Kier molecular flexibility index (Phi) is 6.60. The lowest BCUT2D eigenvalue weighted by molar-refractivity contribution is 0.181. The summed E-state index contributed by atoms with van der Waals surface area (Å²) in [4.78, 5) is 9.18. The predicted octanol–water partition coefficient (Wildman–Crippen LogP) is 3.62. The standard InChI is InChI=1S/C15H25N3OS/c1-3-16-14-9-12(10-19-2)17-15(18-14)11-20-13-7-5-4-6-8-13/h9,13H,3-8,10-11H2,1-2H3,(H,16,17,18). The van der Waals surface area contributed by atoms with Gasteiger partial charge in [0.05, 0.1) is 18.1 Å². The van der Waals surface area contributed by atoms with Gasteiger partial charge >= 0.3 is 0 Å². The Hall–Kier alpha value is -0.810. The third kappa shape index (κ3) is 4.94. The lowest BCUT2D eigenvalue weighted by atomic mass is 10.0. The van der Waals surface area contributed by atoms with Gasteiger partial charge < -0.3 is 10.1 Å². The summed E-state index contributed by atoms with van der Waals surface area (Å²) in [5.41, 5.74) is 0.956. The summed E-state index contributed by atoms with van der Waals surface area (Å²) in [6.07, 6.45) is 6.86. The second kappa shape index (κ2) is 8.47. The molecule has 1 heterocycles. The van der Waals surface area contributed by atoms with Gasteiger partial charge in [0.15, 0.2) is 0 Å². The summed E-state index contributed by atoms with van der Waals surface area (Å²) in [5.74, 6) is 2.74. The van der Waals surface area contributed by atoms with Gasteiger partial charge in [0.2, 0.25) is 0 Å². The fourth-order valence-electron chi connectivity index (χ4n) is 2.53. The average Bonchev–Trinajstić information content (AvgIpc) is 2.47.